The number of carbonyl (C=O) groups is 3. The molecule has 21 heteroatoms. The Kier molecular flexibility index (Phi) is 22.2. The van der Waals surface area contributed by atoms with Crippen molar-refractivity contribution in [2.75, 3.05) is 0 Å². The summed E-state index contributed by atoms with van der Waals surface area (Å²) >= 11 is 1.36. The Morgan fingerprint density at radius 3 is 1.40 bits per heavy atom. The first-order valence-electron chi connectivity index (χ1n) is 32.9. The van der Waals surface area contributed by atoms with E-state index in [0.29, 0.717) is 81.0 Å². The molecule has 0 aliphatic heterocycles. The first-order chi connectivity index (χ1) is 48.6. The van der Waals surface area contributed by atoms with Crippen molar-refractivity contribution in [2.45, 2.75) is 105 Å². The zero-order valence-corrected chi connectivity index (χ0v) is 57.4. The van der Waals surface area contributed by atoms with Crippen LogP contribution in [0.25, 0.3) is 16.8 Å². The second-order valence-electron chi connectivity index (χ2n) is 25.3. The standard InChI is InChI=1S/C28H24F2N4O2S.C26H24F2N2O2.C26H26FN3O2/c1-17(2)24-20(14-18-6-4-3-5-7-18)26-33-23(36-28-31-11-13-37-28)10-12-34(26)25(24)27(35)32-16-19-8-9-21(29)22(30)15-19;1-16(2)24-20(12-17-6-4-3-5-7-17)23-11-9-19(31)15-30(23)25(24)26(32)29-14-18-8-10-21(27)22(28)13-18;1-16(2)23-21(11-18-7-5-4-6-8-18)25-28-14-20(31)15-30(25)24(23)26(32)29-13-19-10-9-17(3)22(27)12-19/h3-13,15,17H,14,16H2,1-2H3,(H,32,35);3-11,13,15-16,31H,12,14H2,1-2H3,(H,29,32);4-10,12,14-16,31H,11,13H2,1-3H3,(H,29,32). The number of nitrogens with zero attached hydrogens (tertiary/aromatic N) is 6. The third-order valence-electron chi connectivity index (χ3n) is 17.1. The number of fused-ring (bicyclic) bond motifs is 3. The number of benzene rings is 6. The number of nitrogens with one attached hydrogen (secondary N) is 3. The molecule has 0 saturated carbocycles. The van der Waals surface area contributed by atoms with Crippen molar-refractivity contribution in [3.05, 3.63) is 319 Å². The number of amides is 3. The van der Waals surface area contributed by atoms with Crippen LogP contribution in [-0.4, -0.2) is 56.1 Å². The molecule has 13 aromatic rings. The number of hydrogen-bond donors (Lipinski definition) is 5. The van der Waals surface area contributed by atoms with Crippen molar-refractivity contribution in [1.29, 1.82) is 0 Å². The lowest BCUT2D eigenvalue weighted by Gasteiger charge is -2.12. The molecular formula is C80H74F5N9O6S. The average molecular weight is 1380 g/mol. The molecule has 3 amide bonds. The predicted octanol–water partition coefficient (Wildman–Crippen LogP) is 17.2. The van der Waals surface area contributed by atoms with Crippen LogP contribution in [-0.2, 0) is 38.9 Å². The Bertz CT molecular complexity index is 4920. The molecule has 7 aromatic heterocycles. The Morgan fingerprint density at radius 1 is 0.475 bits per heavy atom. The summed E-state index contributed by atoms with van der Waals surface area (Å²) in [5.74, 6) is -4.55. The monoisotopic (exact) mass is 1380 g/mol. The number of aromatic hydroxyl groups is 2. The lowest BCUT2D eigenvalue weighted by Crippen LogP contribution is -2.25. The fourth-order valence-corrected chi connectivity index (χ4v) is 13.0. The Balaban J connectivity index is 0.000000153. The maximum absolute atomic E-state index is 13.9. The van der Waals surface area contributed by atoms with Gasteiger partial charge in [0.05, 0.1) is 18.6 Å². The van der Waals surface area contributed by atoms with Gasteiger partial charge in [0.25, 0.3) is 22.9 Å². The van der Waals surface area contributed by atoms with Crippen LogP contribution in [0, 0.1) is 36.0 Å². The first-order valence-corrected chi connectivity index (χ1v) is 33.8. The summed E-state index contributed by atoms with van der Waals surface area (Å²) in [7, 11) is 0. The molecule has 0 atom stereocenters. The van der Waals surface area contributed by atoms with E-state index in [1.165, 1.54) is 48.1 Å². The number of aromatic nitrogens is 6. The van der Waals surface area contributed by atoms with Gasteiger partial charge in [-0.15, -0.1) is 0 Å². The van der Waals surface area contributed by atoms with E-state index in [-0.39, 0.29) is 72.4 Å². The van der Waals surface area contributed by atoms with Crippen LogP contribution in [0.4, 0.5) is 22.0 Å². The maximum Gasteiger partial charge on any atom is 0.279 e. The number of aryl methyl sites for hydroxylation is 1. The van der Waals surface area contributed by atoms with Gasteiger partial charge in [-0.2, -0.15) is 4.98 Å². The van der Waals surface area contributed by atoms with Crippen LogP contribution in [0.2, 0.25) is 0 Å². The van der Waals surface area contributed by atoms with Gasteiger partial charge >= 0.3 is 0 Å². The van der Waals surface area contributed by atoms with Crippen LogP contribution >= 0.6 is 11.3 Å². The second-order valence-corrected chi connectivity index (χ2v) is 26.2. The number of thiazole rings is 1. The van der Waals surface area contributed by atoms with E-state index in [2.05, 4.69) is 25.9 Å². The van der Waals surface area contributed by atoms with Crippen molar-refractivity contribution < 1.29 is 51.3 Å². The van der Waals surface area contributed by atoms with E-state index in [4.69, 9.17) is 9.72 Å². The molecule has 0 fully saturated rings. The number of hydrogen-bond acceptors (Lipinski definition) is 10. The van der Waals surface area contributed by atoms with Gasteiger partial charge in [-0.25, -0.2) is 31.9 Å². The first kappa shape index (κ1) is 70.9. The zero-order chi connectivity index (χ0) is 71.6. The minimum atomic E-state index is -0.956. The lowest BCUT2D eigenvalue weighted by molar-refractivity contribution is 0.0935. The Morgan fingerprint density at radius 2 is 0.921 bits per heavy atom. The molecule has 0 bridgehead atoms. The van der Waals surface area contributed by atoms with Crippen molar-refractivity contribution >= 4 is 45.9 Å². The van der Waals surface area contributed by atoms with Gasteiger partial charge in [0.2, 0.25) is 5.88 Å². The quantitative estimate of drug-likeness (QED) is 0.0463. The summed E-state index contributed by atoms with van der Waals surface area (Å²) in [5, 5.41) is 31.1. The molecule has 0 aliphatic carbocycles. The topological polar surface area (TPSA) is 189 Å². The SMILES string of the molecule is CC(C)c1c(Cc2ccccc2)c2ccc(O)cn2c1C(=O)NCc1ccc(F)c(F)c1.CC(C)c1c(Cc2ccccc2)c2nc(Oc3nccs3)ccn2c1C(=O)NCc1ccc(F)c(F)c1.Cc1ccc(CNC(=O)c2c(C(C)C)c(Cc3ccccc3)c3ncc(O)cn23)cc1F. The zero-order valence-electron chi connectivity index (χ0n) is 56.5. The Hall–Kier alpha value is -11.5. The highest BCUT2D eigenvalue weighted by Crippen LogP contribution is 2.37. The molecule has 6 aromatic carbocycles. The molecular weight excluding hydrogens is 1310 g/mol. The molecule has 0 radical (unpaired) electrons. The molecule has 101 heavy (non-hydrogen) atoms. The fraction of sp³-hybridized carbons (Fsp3) is 0.200. The van der Waals surface area contributed by atoms with E-state index >= 15 is 0 Å². The van der Waals surface area contributed by atoms with Crippen molar-refractivity contribution in [3.63, 3.8) is 0 Å². The van der Waals surface area contributed by atoms with Gasteiger partial charge in [0.15, 0.2) is 29.0 Å². The third-order valence-corrected chi connectivity index (χ3v) is 17.7. The summed E-state index contributed by atoms with van der Waals surface area (Å²) in [6, 6.07) is 47.1. The molecule has 7 heterocycles. The summed E-state index contributed by atoms with van der Waals surface area (Å²) in [4.78, 5) is 53.6. The molecule has 516 valence electrons. The van der Waals surface area contributed by atoms with E-state index in [9.17, 15) is 46.5 Å². The van der Waals surface area contributed by atoms with E-state index in [1.54, 1.807) is 56.8 Å². The van der Waals surface area contributed by atoms with Crippen LogP contribution in [0.3, 0.4) is 0 Å². The van der Waals surface area contributed by atoms with Crippen molar-refractivity contribution in [2.24, 2.45) is 0 Å². The van der Waals surface area contributed by atoms with E-state index in [0.717, 1.165) is 79.9 Å². The van der Waals surface area contributed by atoms with Gasteiger partial charge < -0.3 is 35.3 Å². The minimum absolute atomic E-state index is 0.00718. The number of rotatable bonds is 20. The summed E-state index contributed by atoms with van der Waals surface area (Å²) in [5.41, 5.74) is 14.4. The van der Waals surface area contributed by atoms with Gasteiger partial charge in [-0.1, -0.05) is 168 Å². The molecule has 13 rings (SSSR count). The van der Waals surface area contributed by atoms with Gasteiger partial charge in [-0.3, -0.25) is 23.2 Å². The summed E-state index contributed by atoms with van der Waals surface area (Å²) in [6.45, 7) is 14.2. The summed E-state index contributed by atoms with van der Waals surface area (Å²) < 4.78 is 78.6. The van der Waals surface area contributed by atoms with Gasteiger partial charge in [0, 0.05) is 73.0 Å². The number of pyridine rings is 1. The fourth-order valence-electron chi connectivity index (χ4n) is 12.5. The number of ether oxygens (including phenoxy) is 1. The normalized spacial score (nSPS) is 11.3. The maximum atomic E-state index is 13.9. The van der Waals surface area contributed by atoms with Crippen LogP contribution in [0.5, 0.6) is 22.6 Å². The number of carbonyl (C=O) groups excluding carboxylic acids is 3. The lowest BCUT2D eigenvalue weighted by atomic mass is 9.93. The van der Waals surface area contributed by atoms with Crippen molar-refractivity contribution in [1.82, 2.24) is 44.1 Å². The van der Waals surface area contributed by atoms with E-state index < -0.39 is 23.3 Å². The predicted molar refractivity (Wildman–Crippen MR) is 381 cm³/mol. The van der Waals surface area contributed by atoms with Crippen LogP contribution in [0.1, 0.15) is 163 Å². The minimum Gasteiger partial charge on any atom is -0.506 e. The smallest absolute Gasteiger partial charge is 0.279 e. The molecule has 5 N–H and O–H groups in total. The largest absolute Gasteiger partial charge is 0.506 e. The second kappa shape index (κ2) is 31.6. The van der Waals surface area contributed by atoms with Crippen LogP contribution in [0.15, 0.2) is 200 Å². The molecule has 0 spiro atoms. The van der Waals surface area contributed by atoms with E-state index in [1.807, 2.05) is 144 Å². The molecule has 0 aliphatic rings. The highest BCUT2D eigenvalue weighted by molar-refractivity contribution is 7.11. The third kappa shape index (κ3) is 16.5. The molecule has 15 nitrogen and oxygen atoms in total. The van der Waals surface area contributed by atoms with Gasteiger partial charge in [-0.05, 0) is 135 Å². The van der Waals surface area contributed by atoms with Gasteiger partial charge in [0.1, 0.15) is 39.9 Å². The molecule has 0 unspecified atom stereocenters. The molecule has 0 saturated heterocycles. The summed E-state index contributed by atoms with van der Waals surface area (Å²) in [6.07, 6.45) is 9.68. The van der Waals surface area contributed by atoms with Crippen LogP contribution < -0.4 is 20.7 Å². The number of halogens is 5. The Labute approximate surface area is 584 Å². The highest BCUT2D eigenvalue weighted by atomic mass is 32.1. The van der Waals surface area contributed by atoms with Crippen molar-refractivity contribution in [3.8, 4) is 22.6 Å². The highest BCUT2D eigenvalue weighted by Gasteiger charge is 2.30. The average Bonchev–Trinajstić information content (AvgIpc) is 1.62.